The minimum absolute atomic E-state index is 0.178. The lowest BCUT2D eigenvalue weighted by atomic mass is 9.93. The van der Waals surface area contributed by atoms with Crippen molar-refractivity contribution in [3.8, 4) is 23.3 Å². The van der Waals surface area contributed by atoms with Gasteiger partial charge >= 0.3 is 0 Å². The summed E-state index contributed by atoms with van der Waals surface area (Å²) in [4.78, 5) is 23.1. The first kappa shape index (κ1) is 20.6. The molecule has 0 aromatic heterocycles. The van der Waals surface area contributed by atoms with Crippen LogP contribution < -0.4 is 9.47 Å². The number of benzene rings is 3. The molecule has 0 radical (unpaired) electrons. The molecule has 0 saturated carbocycles. The van der Waals surface area contributed by atoms with E-state index in [1.54, 1.807) is 31.2 Å². The van der Waals surface area contributed by atoms with E-state index < -0.39 is 22.7 Å². The number of ether oxygens (including phenoxy) is 2. The van der Waals surface area contributed by atoms with Crippen LogP contribution in [-0.2, 0) is 4.79 Å². The van der Waals surface area contributed by atoms with E-state index in [4.69, 9.17) is 9.47 Å². The largest absolute Gasteiger partial charge is 0.483 e. The summed E-state index contributed by atoms with van der Waals surface area (Å²) in [6.07, 6.45) is -0.921. The highest BCUT2D eigenvalue weighted by Crippen LogP contribution is 2.26. The Morgan fingerprint density at radius 3 is 2.23 bits per heavy atom. The van der Waals surface area contributed by atoms with Crippen LogP contribution >= 0.6 is 0 Å². The van der Waals surface area contributed by atoms with Gasteiger partial charge in [-0.1, -0.05) is 30.3 Å². The zero-order valence-electron chi connectivity index (χ0n) is 16.1. The number of rotatable bonds is 8. The number of nitriles is 1. The number of carbonyl (C=O) groups is 1. The van der Waals surface area contributed by atoms with Crippen molar-refractivity contribution in [2.75, 3.05) is 0 Å². The summed E-state index contributed by atoms with van der Waals surface area (Å²) in [7, 11) is 0. The standard InChI is InChI=1S/C23H18N2O5/c1-16(23(26)22(15-24)17-6-5-7-18(14-17)25(27)28)29-20-10-12-21(13-11-20)30-19-8-3-2-4-9-19/h2-14,16,22H,1H3. The predicted octanol–water partition coefficient (Wildman–Crippen LogP) is 5.03. The monoisotopic (exact) mass is 402 g/mol. The van der Waals surface area contributed by atoms with Crippen molar-refractivity contribution in [1.29, 1.82) is 5.26 Å². The fraction of sp³-hybridized carbons (Fsp3) is 0.130. The van der Waals surface area contributed by atoms with Crippen LogP contribution in [0.1, 0.15) is 18.4 Å². The summed E-state index contributed by atoms with van der Waals surface area (Å²) >= 11 is 0. The molecule has 0 spiro atoms. The molecule has 0 aliphatic heterocycles. The minimum Gasteiger partial charge on any atom is -0.483 e. The van der Waals surface area contributed by atoms with Gasteiger partial charge in [-0.2, -0.15) is 5.26 Å². The molecule has 0 fully saturated rings. The number of nitro benzene ring substituents is 1. The zero-order chi connectivity index (χ0) is 21.5. The lowest BCUT2D eigenvalue weighted by Crippen LogP contribution is -2.28. The molecule has 0 heterocycles. The zero-order valence-corrected chi connectivity index (χ0v) is 16.1. The van der Waals surface area contributed by atoms with Crippen LogP contribution in [0.15, 0.2) is 78.9 Å². The van der Waals surface area contributed by atoms with Crippen molar-refractivity contribution in [1.82, 2.24) is 0 Å². The van der Waals surface area contributed by atoms with Gasteiger partial charge in [-0.05, 0) is 48.9 Å². The van der Waals surface area contributed by atoms with Crippen molar-refractivity contribution in [2.24, 2.45) is 0 Å². The van der Waals surface area contributed by atoms with Crippen LogP contribution in [0.25, 0.3) is 0 Å². The number of nitro groups is 1. The molecule has 0 bridgehead atoms. The average Bonchev–Trinajstić information content (AvgIpc) is 2.76. The quantitative estimate of drug-likeness (QED) is 0.387. The van der Waals surface area contributed by atoms with Crippen molar-refractivity contribution in [3.63, 3.8) is 0 Å². The first-order valence-corrected chi connectivity index (χ1v) is 9.15. The number of hydrogen-bond donors (Lipinski definition) is 0. The Balaban J connectivity index is 1.67. The number of para-hydroxylation sites is 1. The summed E-state index contributed by atoms with van der Waals surface area (Å²) in [6.45, 7) is 1.54. The molecule has 0 N–H and O–H groups in total. The minimum atomic E-state index is -1.17. The molecule has 30 heavy (non-hydrogen) atoms. The van der Waals surface area contributed by atoms with Crippen molar-refractivity contribution >= 4 is 11.5 Å². The normalized spacial score (nSPS) is 12.3. The van der Waals surface area contributed by atoms with Crippen LogP contribution in [0, 0.1) is 21.4 Å². The summed E-state index contributed by atoms with van der Waals surface area (Å²) in [5, 5.41) is 20.4. The molecule has 2 atom stereocenters. The highest BCUT2D eigenvalue weighted by Gasteiger charge is 2.28. The van der Waals surface area contributed by atoms with Crippen molar-refractivity contribution in [3.05, 3.63) is 94.5 Å². The van der Waals surface area contributed by atoms with Gasteiger partial charge in [0.25, 0.3) is 5.69 Å². The summed E-state index contributed by atoms with van der Waals surface area (Å²) < 4.78 is 11.4. The molecule has 0 aliphatic carbocycles. The lowest BCUT2D eigenvalue weighted by molar-refractivity contribution is -0.384. The maximum atomic E-state index is 12.7. The summed E-state index contributed by atoms with van der Waals surface area (Å²) in [6, 6.07) is 23.5. The van der Waals surface area contributed by atoms with Crippen LogP contribution in [0.4, 0.5) is 5.69 Å². The first-order chi connectivity index (χ1) is 14.5. The smallest absolute Gasteiger partial charge is 0.269 e. The maximum absolute atomic E-state index is 12.7. The molecule has 2 unspecified atom stereocenters. The molecule has 3 aromatic rings. The molecule has 3 rings (SSSR count). The second-order valence-electron chi connectivity index (χ2n) is 6.46. The molecule has 7 nitrogen and oxygen atoms in total. The third-order valence-electron chi connectivity index (χ3n) is 4.34. The van der Waals surface area contributed by atoms with Gasteiger partial charge in [-0.25, -0.2) is 0 Å². The number of nitrogens with zero attached hydrogens (tertiary/aromatic N) is 2. The highest BCUT2D eigenvalue weighted by molar-refractivity contribution is 5.92. The van der Waals surface area contributed by atoms with Crippen molar-refractivity contribution < 1.29 is 19.2 Å². The molecule has 3 aromatic carbocycles. The van der Waals surface area contributed by atoms with E-state index in [1.165, 1.54) is 24.3 Å². The van der Waals surface area contributed by atoms with E-state index in [0.717, 1.165) is 0 Å². The molecule has 0 amide bonds. The van der Waals surface area contributed by atoms with E-state index in [0.29, 0.717) is 17.2 Å². The van der Waals surface area contributed by atoms with E-state index in [1.807, 2.05) is 36.4 Å². The number of carbonyl (C=O) groups excluding carboxylic acids is 1. The van der Waals surface area contributed by atoms with Gasteiger partial charge in [0.05, 0.1) is 11.0 Å². The topological polar surface area (TPSA) is 102 Å². The Morgan fingerprint density at radius 1 is 0.967 bits per heavy atom. The van der Waals surface area contributed by atoms with Crippen LogP contribution in [0.3, 0.4) is 0 Å². The van der Waals surface area contributed by atoms with Gasteiger partial charge in [0, 0.05) is 12.1 Å². The molecular weight excluding hydrogens is 384 g/mol. The number of hydrogen-bond acceptors (Lipinski definition) is 6. The molecular formula is C23H18N2O5. The molecule has 0 aliphatic rings. The van der Waals surface area contributed by atoms with Crippen LogP contribution in [-0.4, -0.2) is 16.8 Å². The van der Waals surface area contributed by atoms with Gasteiger partial charge < -0.3 is 9.47 Å². The van der Waals surface area contributed by atoms with Crippen molar-refractivity contribution in [2.45, 2.75) is 18.9 Å². The summed E-state index contributed by atoms with van der Waals surface area (Å²) in [5.74, 6) is 0.0951. The Morgan fingerprint density at radius 2 is 1.60 bits per heavy atom. The number of non-ortho nitro benzene ring substituents is 1. The van der Waals surface area contributed by atoms with E-state index in [9.17, 15) is 20.2 Å². The number of ketones is 1. The van der Waals surface area contributed by atoms with E-state index >= 15 is 0 Å². The lowest BCUT2D eigenvalue weighted by Gasteiger charge is -2.17. The highest BCUT2D eigenvalue weighted by atomic mass is 16.6. The third-order valence-corrected chi connectivity index (χ3v) is 4.34. The Kier molecular flexibility index (Phi) is 6.40. The Bertz CT molecular complexity index is 1070. The van der Waals surface area contributed by atoms with Gasteiger partial charge in [0.15, 0.2) is 11.9 Å². The Hall–Kier alpha value is -4.18. The second kappa shape index (κ2) is 9.34. The third kappa shape index (κ3) is 5.00. The van der Waals surface area contributed by atoms with E-state index in [-0.39, 0.29) is 11.3 Å². The SMILES string of the molecule is CC(Oc1ccc(Oc2ccccc2)cc1)C(=O)C(C#N)c1cccc([N+](=O)[O-])c1. The first-order valence-electron chi connectivity index (χ1n) is 9.15. The van der Waals surface area contributed by atoms with Crippen LogP contribution in [0.5, 0.6) is 17.2 Å². The van der Waals surface area contributed by atoms with Gasteiger partial charge in [0.1, 0.15) is 23.2 Å². The number of Topliss-reactive ketones (excluding diaryl/α,β-unsaturated/α-hetero) is 1. The fourth-order valence-electron chi connectivity index (χ4n) is 2.83. The second-order valence-corrected chi connectivity index (χ2v) is 6.46. The average molecular weight is 402 g/mol. The van der Waals surface area contributed by atoms with Crippen LogP contribution in [0.2, 0.25) is 0 Å². The predicted molar refractivity (Wildman–Crippen MR) is 110 cm³/mol. The molecule has 7 heteroatoms. The van der Waals surface area contributed by atoms with Gasteiger partial charge in [0.2, 0.25) is 0 Å². The fourth-order valence-corrected chi connectivity index (χ4v) is 2.83. The maximum Gasteiger partial charge on any atom is 0.269 e. The van der Waals surface area contributed by atoms with Gasteiger partial charge in [-0.15, -0.1) is 0 Å². The Labute approximate surface area is 173 Å². The molecule has 150 valence electrons. The van der Waals surface area contributed by atoms with Gasteiger partial charge in [-0.3, -0.25) is 14.9 Å². The van der Waals surface area contributed by atoms with E-state index in [2.05, 4.69) is 0 Å². The summed E-state index contributed by atoms with van der Waals surface area (Å²) in [5.41, 5.74) is 0.0851. The molecule has 0 saturated heterocycles.